The third-order valence-corrected chi connectivity index (χ3v) is 5.59. The zero-order chi connectivity index (χ0) is 16.5. The van der Waals surface area contributed by atoms with E-state index in [1.807, 2.05) is 25.1 Å². The Morgan fingerprint density at radius 2 is 2.08 bits per heavy atom. The molecule has 7 heteroatoms. The van der Waals surface area contributed by atoms with Crippen LogP contribution in [0.4, 0.5) is 5.13 Å². The molecule has 0 saturated carbocycles. The van der Waals surface area contributed by atoms with Gasteiger partial charge in [0.05, 0.1) is 0 Å². The summed E-state index contributed by atoms with van der Waals surface area (Å²) >= 11 is 1.50. The summed E-state index contributed by atoms with van der Waals surface area (Å²) in [7, 11) is 2.18. The quantitative estimate of drug-likeness (QED) is 0.725. The maximum absolute atomic E-state index is 5.42. The van der Waals surface area contributed by atoms with Crippen LogP contribution in [-0.4, -0.2) is 45.6 Å². The Bertz CT molecular complexity index is 821. The average Bonchev–Trinajstić information content (AvgIpc) is 3.22. The van der Waals surface area contributed by atoms with Crippen molar-refractivity contribution in [3.05, 3.63) is 35.8 Å². The van der Waals surface area contributed by atoms with E-state index in [2.05, 4.69) is 37.4 Å². The first kappa shape index (κ1) is 15.5. The molecule has 0 aliphatic carbocycles. The molecule has 3 heterocycles. The smallest absolute Gasteiger partial charge is 0.205 e. The van der Waals surface area contributed by atoms with E-state index < -0.39 is 0 Å². The van der Waals surface area contributed by atoms with Crippen LogP contribution in [0.5, 0.6) is 0 Å². The number of aromatic nitrogens is 3. The van der Waals surface area contributed by atoms with E-state index in [9.17, 15) is 0 Å². The van der Waals surface area contributed by atoms with Gasteiger partial charge in [0.1, 0.15) is 11.5 Å². The lowest BCUT2D eigenvalue weighted by atomic mass is 10.0. The lowest BCUT2D eigenvalue weighted by molar-refractivity contribution is 0.196. The van der Waals surface area contributed by atoms with Crippen molar-refractivity contribution in [3.63, 3.8) is 0 Å². The highest BCUT2D eigenvalue weighted by atomic mass is 32.1. The SMILES string of the molecule is Cc1nsc(N2CCC(N(C)Cc3noc4ccccc34)CC2)n1. The van der Waals surface area contributed by atoms with E-state index in [1.165, 1.54) is 11.5 Å². The third-order valence-electron chi connectivity index (χ3n) is 4.73. The van der Waals surface area contributed by atoms with Crippen LogP contribution in [-0.2, 0) is 6.54 Å². The minimum Gasteiger partial charge on any atom is -0.356 e. The number of fused-ring (bicyclic) bond motifs is 1. The average molecular weight is 343 g/mol. The van der Waals surface area contributed by atoms with Crippen molar-refractivity contribution in [2.75, 3.05) is 25.0 Å². The Hall–Kier alpha value is -1.99. The molecule has 2 aromatic heterocycles. The first-order chi connectivity index (χ1) is 11.7. The third kappa shape index (κ3) is 3.01. The van der Waals surface area contributed by atoms with E-state index in [4.69, 9.17) is 4.52 Å². The fraction of sp³-hybridized carbons (Fsp3) is 0.471. The maximum atomic E-state index is 5.42. The van der Waals surface area contributed by atoms with Crippen molar-refractivity contribution < 1.29 is 4.52 Å². The Balaban J connectivity index is 1.38. The molecule has 0 radical (unpaired) electrons. The van der Waals surface area contributed by atoms with Crippen LogP contribution in [0, 0.1) is 6.92 Å². The lowest BCUT2D eigenvalue weighted by Crippen LogP contribution is -2.43. The molecule has 0 spiro atoms. The first-order valence-corrected chi connectivity index (χ1v) is 9.07. The van der Waals surface area contributed by atoms with Gasteiger partial charge in [0.2, 0.25) is 5.13 Å². The van der Waals surface area contributed by atoms with Crippen LogP contribution in [0.2, 0.25) is 0 Å². The minimum atomic E-state index is 0.561. The number of hydrogen-bond donors (Lipinski definition) is 0. The molecule has 1 saturated heterocycles. The van der Waals surface area contributed by atoms with Gasteiger partial charge in [-0.2, -0.15) is 4.37 Å². The summed E-state index contributed by atoms with van der Waals surface area (Å²) in [4.78, 5) is 9.24. The molecule has 3 aromatic rings. The number of rotatable bonds is 4. The highest BCUT2D eigenvalue weighted by Crippen LogP contribution is 2.25. The normalized spacial score (nSPS) is 16.4. The second kappa shape index (κ2) is 6.49. The molecular formula is C17H21N5OS. The molecule has 24 heavy (non-hydrogen) atoms. The molecule has 0 unspecified atom stereocenters. The van der Waals surface area contributed by atoms with Gasteiger partial charge in [-0.1, -0.05) is 17.3 Å². The second-order valence-corrected chi connectivity index (χ2v) is 7.11. The Morgan fingerprint density at radius 3 is 2.83 bits per heavy atom. The zero-order valence-corrected chi connectivity index (χ0v) is 14.8. The van der Waals surface area contributed by atoms with Crippen molar-refractivity contribution in [1.29, 1.82) is 0 Å². The lowest BCUT2D eigenvalue weighted by Gasteiger charge is -2.36. The predicted molar refractivity (Wildman–Crippen MR) is 95.4 cm³/mol. The summed E-state index contributed by atoms with van der Waals surface area (Å²) in [6.07, 6.45) is 2.26. The number of nitrogens with zero attached hydrogens (tertiary/aromatic N) is 5. The zero-order valence-electron chi connectivity index (χ0n) is 14.0. The van der Waals surface area contributed by atoms with E-state index in [0.29, 0.717) is 6.04 Å². The fourth-order valence-corrected chi connectivity index (χ4v) is 4.06. The minimum absolute atomic E-state index is 0.561. The fourth-order valence-electron chi connectivity index (χ4n) is 3.33. The molecule has 1 aliphatic rings. The molecule has 0 N–H and O–H groups in total. The largest absolute Gasteiger partial charge is 0.356 e. The summed E-state index contributed by atoms with van der Waals surface area (Å²) in [5, 5.41) is 6.42. The van der Waals surface area contributed by atoms with Gasteiger partial charge in [-0.25, -0.2) is 4.98 Å². The first-order valence-electron chi connectivity index (χ1n) is 8.29. The van der Waals surface area contributed by atoms with Gasteiger partial charge in [-0.15, -0.1) is 0 Å². The molecule has 0 atom stereocenters. The molecule has 126 valence electrons. The van der Waals surface area contributed by atoms with Crippen LogP contribution in [0.25, 0.3) is 11.0 Å². The van der Waals surface area contributed by atoms with Gasteiger partial charge >= 0.3 is 0 Å². The molecule has 0 amide bonds. The van der Waals surface area contributed by atoms with Crippen molar-refractivity contribution in [2.24, 2.45) is 0 Å². The van der Waals surface area contributed by atoms with E-state index >= 15 is 0 Å². The second-order valence-electron chi connectivity index (χ2n) is 6.38. The number of hydrogen-bond acceptors (Lipinski definition) is 7. The van der Waals surface area contributed by atoms with Crippen LogP contribution >= 0.6 is 11.5 Å². The van der Waals surface area contributed by atoms with Crippen LogP contribution in [0.1, 0.15) is 24.4 Å². The molecule has 0 bridgehead atoms. The van der Waals surface area contributed by atoms with Crippen molar-refractivity contribution in [3.8, 4) is 0 Å². The summed E-state index contributed by atoms with van der Waals surface area (Å²) in [6, 6.07) is 8.62. The Morgan fingerprint density at radius 1 is 1.29 bits per heavy atom. The van der Waals surface area contributed by atoms with E-state index in [-0.39, 0.29) is 0 Å². The van der Waals surface area contributed by atoms with Gasteiger partial charge in [0.15, 0.2) is 5.58 Å². The summed E-state index contributed by atoms with van der Waals surface area (Å²) in [5.74, 6) is 0.868. The summed E-state index contributed by atoms with van der Waals surface area (Å²) in [6.45, 7) is 4.83. The molecule has 1 aromatic carbocycles. The topological polar surface area (TPSA) is 58.3 Å². The van der Waals surface area contributed by atoms with Gasteiger partial charge in [0, 0.05) is 42.6 Å². The standard InChI is InChI=1S/C17H21N5OS/c1-12-18-17(24-20-12)22-9-7-13(8-10-22)21(2)11-15-14-5-3-4-6-16(14)23-19-15/h3-6,13H,7-11H2,1-2H3. The number of aryl methyl sites for hydroxylation is 1. The monoisotopic (exact) mass is 343 g/mol. The van der Waals surface area contributed by atoms with Crippen LogP contribution in [0.3, 0.4) is 0 Å². The van der Waals surface area contributed by atoms with Crippen molar-refractivity contribution in [1.82, 2.24) is 19.4 Å². The van der Waals surface area contributed by atoms with Gasteiger partial charge in [-0.05, 0) is 38.9 Å². The highest BCUT2D eigenvalue weighted by molar-refractivity contribution is 7.09. The number of anilines is 1. The Labute approximate surface area is 145 Å². The maximum Gasteiger partial charge on any atom is 0.205 e. The van der Waals surface area contributed by atoms with Gasteiger partial charge < -0.3 is 9.42 Å². The summed E-state index contributed by atoms with van der Waals surface area (Å²) in [5.41, 5.74) is 1.89. The van der Waals surface area contributed by atoms with Gasteiger partial charge in [-0.3, -0.25) is 4.90 Å². The predicted octanol–water partition coefficient (Wildman–Crippen LogP) is 3.09. The van der Waals surface area contributed by atoms with Gasteiger partial charge in [0.25, 0.3) is 0 Å². The highest BCUT2D eigenvalue weighted by Gasteiger charge is 2.25. The number of benzene rings is 1. The summed E-state index contributed by atoms with van der Waals surface area (Å²) < 4.78 is 9.70. The molecular weight excluding hydrogens is 322 g/mol. The number of para-hydroxylation sites is 1. The molecule has 4 rings (SSSR count). The molecule has 6 nitrogen and oxygen atoms in total. The number of piperidine rings is 1. The van der Waals surface area contributed by atoms with Crippen LogP contribution in [0.15, 0.2) is 28.8 Å². The van der Waals surface area contributed by atoms with E-state index in [1.54, 1.807) is 0 Å². The molecule has 1 aliphatic heterocycles. The van der Waals surface area contributed by atoms with E-state index in [0.717, 1.165) is 60.1 Å². The van der Waals surface area contributed by atoms with Crippen LogP contribution < -0.4 is 4.90 Å². The Kier molecular flexibility index (Phi) is 4.20. The molecule has 1 fully saturated rings. The van der Waals surface area contributed by atoms with Crippen molar-refractivity contribution >= 4 is 27.6 Å². The van der Waals surface area contributed by atoms with Crippen molar-refractivity contribution in [2.45, 2.75) is 32.4 Å².